The van der Waals surface area contributed by atoms with Crippen molar-refractivity contribution >= 4 is 29.1 Å². The number of hydrogen-bond donors (Lipinski definition) is 4. The molecule has 0 atom stereocenters. The van der Waals surface area contributed by atoms with Crippen LogP contribution in [-0.4, -0.2) is 55.2 Å². The molecule has 1 aromatic carbocycles. The molecule has 2 aliphatic carbocycles. The third-order valence-corrected chi connectivity index (χ3v) is 7.09. The highest BCUT2D eigenvalue weighted by Crippen LogP contribution is 2.39. The molecule has 11 heteroatoms. The lowest BCUT2D eigenvalue weighted by atomic mass is 10.1. The number of anilines is 3. The SMILES string of the molecule is Cc1ccc(NC(=O)c2cc(C3CC3)cnn2)cc1-c1nc(NCCO)cc(-c2ccnc(NC(=O)C3CC3)c2)n1. The van der Waals surface area contributed by atoms with Crippen LogP contribution < -0.4 is 16.0 Å². The zero-order valence-corrected chi connectivity index (χ0v) is 22.6. The van der Waals surface area contributed by atoms with Gasteiger partial charge in [-0.15, -0.1) is 5.10 Å². The summed E-state index contributed by atoms with van der Waals surface area (Å²) in [4.78, 5) is 39.1. The molecule has 0 radical (unpaired) electrons. The third kappa shape index (κ3) is 6.36. The van der Waals surface area contributed by atoms with E-state index in [1.54, 1.807) is 30.6 Å². The van der Waals surface area contributed by atoms with E-state index in [1.165, 1.54) is 0 Å². The molecule has 0 unspecified atom stereocenters. The van der Waals surface area contributed by atoms with Gasteiger partial charge in [-0.2, -0.15) is 5.10 Å². The van der Waals surface area contributed by atoms with Gasteiger partial charge >= 0.3 is 0 Å². The highest BCUT2D eigenvalue weighted by Gasteiger charge is 2.30. The van der Waals surface area contributed by atoms with Crippen molar-refractivity contribution in [2.24, 2.45) is 5.92 Å². The molecule has 2 amide bonds. The summed E-state index contributed by atoms with van der Waals surface area (Å²) in [6, 6.07) is 12.7. The maximum absolute atomic E-state index is 13.0. The van der Waals surface area contributed by atoms with Gasteiger partial charge in [-0.05, 0) is 80.0 Å². The van der Waals surface area contributed by atoms with Crippen LogP contribution >= 0.6 is 0 Å². The largest absolute Gasteiger partial charge is 0.395 e. The smallest absolute Gasteiger partial charge is 0.276 e. The molecule has 2 saturated carbocycles. The lowest BCUT2D eigenvalue weighted by Crippen LogP contribution is -2.15. The predicted molar refractivity (Wildman–Crippen MR) is 154 cm³/mol. The van der Waals surface area contributed by atoms with Gasteiger partial charge in [0.05, 0.1) is 18.5 Å². The van der Waals surface area contributed by atoms with E-state index in [-0.39, 0.29) is 30.0 Å². The average Bonchev–Trinajstić information content (AvgIpc) is 3.90. The van der Waals surface area contributed by atoms with Crippen molar-refractivity contribution in [3.05, 3.63) is 71.7 Å². The summed E-state index contributed by atoms with van der Waals surface area (Å²) >= 11 is 0. The van der Waals surface area contributed by atoms with Gasteiger partial charge in [0.15, 0.2) is 11.5 Å². The first kappa shape index (κ1) is 26.5. The summed E-state index contributed by atoms with van der Waals surface area (Å²) in [6.07, 6.45) is 7.37. The fourth-order valence-corrected chi connectivity index (χ4v) is 4.49. The summed E-state index contributed by atoms with van der Waals surface area (Å²) in [7, 11) is 0. The topological polar surface area (TPSA) is 155 Å². The number of benzene rings is 1. The van der Waals surface area contributed by atoms with Crippen molar-refractivity contribution in [3.8, 4) is 22.6 Å². The quantitative estimate of drug-likeness (QED) is 0.227. The Balaban J connectivity index is 1.30. The Hall–Kier alpha value is -4.77. The van der Waals surface area contributed by atoms with E-state index in [9.17, 15) is 14.7 Å². The Kier molecular flexibility index (Phi) is 7.34. The standard InChI is InChI=1S/C30H30N8O3/c1-17-2-7-22(34-30(41)25-12-21(16-33-38-25)18-3-4-18)14-23(17)28-35-24(15-27(36-28)32-10-11-39)20-8-9-31-26(13-20)37-29(40)19-5-6-19/h2,7-9,12-16,18-19,39H,3-6,10-11H2,1H3,(H,34,41)(H,31,37,40)(H,32,35,36). The summed E-state index contributed by atoms with van der Waals surface area (Å²) in [6.45, 7) is 2.19. The number of aromatic nitrogens is 5. The minimum Gasteiger partial charge on any atom is -0.395 e. The number of amides is 2. The molecule has 3 heterocycles. The van der Waals surface area contributed by atoms with E-state index >= 15 is 0 Å². The summed E-state index contributed by atoms with van der Waals surface area (Å²) in [5.74, 6) is 1.58. The normalized spacial score (nSPS) is 14.4. The molecule has 0 bridgehead atoms. The Morgan fingerprint density at radius 3 is 2.61 bits per heavy atom. The number of carbonyl (C=O) groups excluding carboxylic acids is 2. The maximum Gasteiger partial charge on any atom is 0.276 e. The van der Waals surface area contributed by atoms with Crippen molar-refractivity contribution in [1.82, 2.24) is 25.1 Å². The van der Waals surface area contributed by atoms with Crippen LogP contribution in [0.15, 0.2) is 54.9 Å². The number of carbonyl (C=O) groups is 2. The summed E-state index contributed by atoms with van der Waals surface area (Å²) in [5, 5.41) is 26.3. The highest BCUT2D eigenvalue weighted by molar-refractivity contribution is 6.03. The molecule has 4 N–H and O–H groups in total. The number of pyridine rings is 1. The Morgan fingerprint density at radius 1 is 0.976 bits per heavy atom. The second kappa shape index (κ2) is 11.4. The van der Waals surface area contributed by atoms with Crippen LogP contribution in [0.5, 0.6) is 0 Å². The van der Waals surface area contributed by atoms with Crippen LogP contribution in [-0.2, 0) is 4.79 Å². The molecule has 6 rings (SSSR count). The van der Waals surface area contributed by atoms with Crippen molar-refractivity contribution in [2.45, 2.75) is 38.5 Å². The van der Waals surface area contributed by atoms with Crippen LogP contribution in [0.3, 0.4) is 0 Å². The third-order valence-electron chi connectivity index (χ3n) is 7.09. The fraction of sp³-hybridized carbons (Fsp3) is 0.300. The van der Waals surface area contributed by atoms with Crippen LogP contribution in [0.2, 0.25) is 0 Å². The van der Waals surface area contributed by atoms with Gasteiger partial charge in [-0.3, -0.25) is 9.59 Å². The van der Waals surface area contributed by atoms with Gasteiger partial charge in [0.1, 0.15) is 11.6 Å². The molecule has 3 aromatic heterocycles. The highest BCUT2D eigenvalue weighted by atomic mass is 16.3. The van der Waals surface area contributed by atoms with Crippen molar-refractivity contribution < 1.29 is 14.7 Å². The van der Waals surface area contributed by atoms with E-state index in [1.807, 2.05) is 31.2 Å². The number of rotatable bonds is 10. The van der Waals surface area contributed by atoms with Crippen molar-refractivity contribution in [2.75, 3.05) is 29.1 Å². The number of nitrogens with one attached hydrogen (secondary N) is 3. The zero-order valence-electron chi connectivity index (χ0n) is 22.6. The molecule has 208 valence electrons. The van der Waals surface area contributed by atoms with Crippen LogP contribution in [0.4, 0.5) is 17.3 Å². The number of hydrogen-bond acceptors (Lipinski definition) is 9. The fourth-order valence-electron chi connectivity index (χ4n) is 4.49. The molecule has 2 aliphatic rings. The van der Waals surface area contributed by atoms with Crippen LogP contribution in [0, 0.1) is 12.8 Å². The number of aliphatic hydroxyl groups is 1. The molecule has 41 heavy (non-hydrogen) atoms. The Bertz CT molecular complexity index is 1620. The van der Waals surface area contributed by atoms with Gasteiger partial charge in [0, 0.05) is 41.5 Å². The molecular formula is C30H30N8O3. The lowest BCUT2D eigenvalue weighted by molar-refractivity contribution is -0.117. The van der Waals surface area contributed by atoms with E-state index in [0.29, 0.717) is 41.3 Å². The second-order valence-corrected chi connectivity index (χ2v) is 10.4. The first-order valence-corrected chi connectivity index (χ1v) is 13.7. The molecule has 0 saturated heterocycles. The monoisotopic (exact) mass is 550 g/mol. The number of aliphatic hydroxyl groups excluding tert-OH is 1. The molecule has 11 nitrogen and oxygen atoms in total. The van der Waals surface area contributed by atoms with E-state index in [0.717, 1.165) is 47.9 Å². The van der Waals surface area contributed by atoms with Crippen molar-refractivity contribution in [3.63, 3.8) is 0 Å². The predicted octanol–water partition coefficient (Wildman–Crippen LogP) is 4.19. The zero-order chi connectivity index (χ0) is 28.3. The first-order valence-electron chi connectivity index (χ1n) is 13.7. The van der Waals surface area contributed by atoms with E-state index in [2.05, 4.69) is 31.1 Å². The number of nitrogens with zero attached hydrogens (tertiary/aromatic N) is 5. The van der Waals surface area contributed by atoms with Crippen molar-refractivity contribution in [1.29, 1.82) is 0 Å². The van der Waals surface area contributed by atoms with Gasteiger partial charge in [-0.25, -0.2) is 15.0 Å². The Morgan fingerprint density at radius 2 is 1.83 bits per heavy atom. The molecular weight excluding hydrogens is 520 g/mol. The molecule has 4 aromatic rings. The molecule has 0 aliphatic heterocycles. The summed E-state index contributed by atoms with van der Waals surface area (Å²) in [5.41, 5.74) is 4.88. The Labute approximate surface area is 236 Å². The minimum absolute atomic E-state index is 0.0249. The molecule has 2 fully saturated rings. The average molecular weight is 551 g/mol. The maximum atomic E-state index is 13.0. The van der Waals surface area contributed by atoms with Gasteiger partial charge in [0.2, 0.25) is 5.91 Å². The van der Waals surface area contributed by atoms with E-state index < -0.39 is 0 Å². The summed E-state index contributed by atoms with van der Waals surface area (Å²) < 4.78 is 0. The van der Waals surface area contributed by atoms with Gasteiger partial charge in [-0.1, -0.05) is 6.07 Å². The minimum atomic E-state index is -0.340. The number of aryl methyl sites for hydroxylation is 1. The van der Waals surface area contributed by atoms with Crippen LogP contribution in [0.25, 0.3) is 22.6 Å². The lowest BCUT2D eigenvalue weighted by Gasteiger charge is -2.13. The first-order chi connectivity index (χ1) is 20.0. The molecule has 0 spiro atoms. The van der Waals surface area contributed by atoms with Gasteiger partial charge in [0.25, 0.3) is 5.91 Å². The van der Waals surface area contributed by atoms with E-state index in [4.69, 9.17) is 9.97 Å². The second-order valence-electron chi connectivity index (χ2n) is 10.4. The van der Waals surface area contributed by atoms with Gasteiger partial charge < -0.3 is 21.1 Å². The van der Waals surface area contributed by atoms with Crippen LogP contribution in [0.1, 0.15) is 53.2 Å².